The second-order valence-corrected chi connectivity index (χ2v) is 8.43. The Morgan fingerprint density at radius 2 is 1.63 bits per heavy atom. The molecule has 1 atom stereocenters. The van der Waals surface area contributed by atoms with Crippen LogP contribution in [0.15, 0.2) is 18.2 Å². The quantitative estimate of drug-likeness (QED) is 0.770. The van der Waals surface area contributed by atoms with Crippen LogP contribution in [0.3, 0.4) is 0 Å². The fraction of sp³-hybridized carbons (Fsp3) is 0.550. The Hall–Kier alpha value is -2.57. The molecule has 3 amide bonds. The van der Waals surface area contributed by atoms with Gasteiger partial charge in [-0.05, 0) is 37.0 Å². The molecule has 1 aromatic rings. The molecule has 0 saturated carbocycles. The second kappa shape index (κ2) is 6.55. The number of amides is 3. The molecule has 27 heavy (non-hydrogen) atoms. The van der Waals surface area contributed by atoms with Crippen LogP contribution in [-0.4, -0.2) is 47.8 Å². The maximum absolute atomic E-state index is 13.7. The van der Waals surface area contributed by atoms with E-state index in [4.69, 9.17) is 11.5 Å². The average molecular weight is 372 g/mol. The largest absolute Gasteiger partial charge is 0.367 e. The predicted molar refractivity (Wildman–Crippen MR) is 103 cm³/mol. The van der Waals surface area contributed by atoms with Gasteiger partial charge in [-0.3, -0.25) is 14.4 Å². The van der Waals surface area contributed by atoms with Crippen LogP contribution in [0.2, 0.25) is 0 Å². The van der Waals surface area contributed by atoms with Gasteiger partial charge >= 0.3 is 0 Å². The molecular formula is C20H28N4O3. The van der Waals surface area contributed by atoms with Crippen molar-refractivity contribution in [3.8, 4) is 0 Å². The molecular weight excluding hydrogens is 344 g/mol. The summed E-state index contributed by atoms with van der Waals surface area (Å²) in [5, 5.41) is 0. The lowest BCUT2D eigenvalue weighted by Gasteiger charge is -2.49. The Bertz CT molecular complexity index is 793. The van der Waals surface area contributed by atoms with Gasteiger partial charge in [-0.15, -0.1) is 0 Å². The van der Waals surface area contributed by atoms with Crippen LogP contribution in [0.25, 0.3) is 0 Å². The summed E-state index contributed by atoms with van der Waals surface area (Å²) in [7, 11) is 0. The first-order valence-electron chi connectivity index (χ1n) is 9.40. The molecule has 7 heteroatoms. The van der Waals surface area contributed by atoms with Crippen molar-refractivity contribution in [2.24, 2.45) is 16.9 Å². The molecule has 1 saturated heterocycles. The highest BCUT2D eigenvalue weighted by molar-refractivity contribution is 6.13. The van der Waals surface area contributed by atoms with Gasteiger partial charge in [-0.1, -0.05) is 26.8 Å². The Labute approximate surface area is 159 Å². The lowest BCUT2D eigenvalue weighted by molar-refractivity contribution is -0.147. The van der Waals surface area contributed by atoms with Crippen LogP contribution < -0.4 is 16.4 Å². The van der Waals surface area contributed by atoms with Gasteiger partial charge in [0.05, 0.1) is 0 Å². The summed E-state index contributed by atoms with van der Waals surface area (Å²) < 4.78 is 0. The molecule has 4 N–H and O–H groups in total. The van der Waals surface area contributed by atoms with Crippen molar-refractivity contribution >= 4 is 23.4 Å². The standard InChI is InChI=1S/C20H28N4O3/c1-19(2,3)20(17(22)26,18(27)23-9-4-5-10-23)24-11-8-13-6-7-14(16(21)25)12-15(13)24/h6-7,12H,4-5,8-11H2,1-3H3,(H2,21,25)(H2,22,26). The van der Waals surface area contributed by atoms with Crippen LogP contribution in [0, 0.1) is 5.41 Å². The number of hydrogen-bond donors (Lipinski definition) is 2. The normalized spacial score (nSPS) is 18.9. The first-order valence-corrected chi connectivity index (χ1v) is 9.40. The van der Waals surface area contributed by atoms with Crippen LogP contribution in [0.5, 0.6) is 0 Å². The summed E-state index contributed by atoms with van der Waals surface area (Å²) in [6.07, 6.45) is 2.52. The topological polar surface area (TPSA) is 110 Å². The van der Waals surface area contributed by atoms with Gasteiger partial charge < -0.3 is 21.3 Å². The zero-order chi connectivity index (χ0) is 20.0. The maximum atomic E-state index is 13.7. The number of hydrogen-bond acceptors (Lipinski definition) is 4. The highest BCUT2D eigenvalue weighted by Crippen LogP contribution is 2.44. The zero-order valence-electron chi connectivity index (χ0n) is 16.2. The number of carbonyl (C=O) groups is 3. The third-order valence-corrected chi connectivity index (χ3v) is 5.82. The highest BCUT2D eigenvalue weighted by Gasteiger charge is 2.60. The van der Waals surface area contributed by atoms with E-state index in [9.17, 15) is 14.4 Å². The number of rotatable bonds is 4. The minimum absolute atomic E-state index is 0.252. The van der Waals surface area contributed by atoms with E-state index in [0.29, 0.717) is 37.3 Å². The van der Waals surface area contributed by atoms with E-state index in [0.717, 1.165) is 18.4 Å². The summed E-state index contributed by atoms with van der Waals surface area (Å²) in [6.45, 7) is 7.33. The number of nitrogens with zero attached hydrogens (tertiary/aromatic N) is 2. The van der Waals surface area contributed by atoms with E-state index in [1.54, 1.807) is 21.9 Å². The lowest BCUT2D eigenvalue weighted by atomic mass is 9.70. The molecule has 146 valence electrons. The van der Waals surface area contributed by atoms with E-state index >= 15 is 0 Å². The monoisotopic (exact) mass is 372 g/mol. The number of nitrogens with two attached hydrogens (primary N) is 2. The summed E-state index contributed by atoms with van der Waals surface area (Å²) in [5.74, 6) is -1.46. The SMILES string of the molecule is CC(C)(C)C(C(N)=O)(C(=O)N1CCCC1)N1CCc2ccc(C(N)=O)cc21. The molecule has 1 fully saturated rings. The predicted octanol–water partition coefficient (Wildman–Crippen LogP) is 1.04. The second-order valence-electron chi connectivity index (χ2n) is 8.43. The van der Waals surface area contributed by atoms with Crippen LogP contribution >= 0.6 is 0 Å². The maximum Gasteiger partial charge on any atom is 0.258 e. The molecule has 0 spiro atoms. The third kappa shape index (κ3) is 2.85. The van der Waals surface area contributed by atoms with Gasteiger partial charge in [0.2, 0.25) is 11.4 Å². The van der Waals surface area contributed by atoms with Crippen LogP contribution in [0.4, 0.5) is 5.69 Å². The average Bonchev–Trinajstić information content (AvgIpc) is 3.23. The van der Waals surface area contributed by atoms with E-state index in [1.807, 2.05) is 26.8 Å². The smallest absolute Gasteiger partial charge is 0.258 e. The number of benzene rings is 1. The number of primary amides is 2. The van der Waals surface area contributed by atoms with E-state index < -0.39 is 22.8 Å². The summed E-state index contributed by atoms with van der Waals surface area (Å²) >= 11 is 0. The molecule has 0 bridgehead atoms. The fourth-order valence-electron chi connectivity index (χ4n) is 4.48. The molecule has 2 aliphatic rings. The number of carbonyl (C=O) groups excluding carboxylic acids is 3. The van der Waals surface area contributed by atoms with Gasteiger partial charge in [-0.2, -0.15) is 0 Å². The molecule has 2 aliphatic heterocycles. The molecule has 1 aromatic carbocycles. The van der Waals surface area contributed by atoms with Crippen molar-refractivity contribution in [2.45, 2.75) is 45.6 Å². The summed E-state index contributed by atoms with van der Waals surface area (Å²) in [6, 6.07) is 5.19. The van der Waals surface area contributed by atoms with Crippen molar-refractivity contribution in [3.63, 3.8) is 0 Å². The Kier molecular flexibility index (Phi) is 4.66. The molecule has 7 nitrogen and oxygen atoms in total. The summed E-state index contributed by atoms with van der Waals surface area (Å²) in [5.41, 5.74) is 11.1. The summed E-state index contributed by atoms with van der Waals surface area (Å²) in [4.78, 5) is 41.8. The van der Waals surface area contributed by atoms with Crippen molar-refractivity contribution in [3.05, 3.63) is 29.3 Å². The van der Waals surface area contributed by atoms with E-state index in [-0.39, 0.29) is 5.91 Å². The minimum atomic E-state index is -1.53. The van der Waals surface area contributed by atoms with Crippen LogP contribution in [-0.2, 0) is 16.0 Å². The third-order valence-electron chi connectivity index (χ3n) is 5.82. The lowest BCUT2D eigenvalue weighted by Crippen LogP contribution is -2.72. The molecule has 0 aromatic heterocycles. The Morgan fingerprint density at radius 3 is 2.15 bits per heavy atom. The van der Waals surface area contributed by atoms with Gasteiger partial charge in [0.1, 0.15) is 0 Å². The van der Waals surface area contributed by atoms with Gasteiger partial charge in [-0.25, -0.2) is 0 Å². The highest BCUT2D eigenvalue weighted by atomic mass is 16.2. The van der Waals surface area contributed by atoms with E-state index in [2.05, 4.69) is 0 Å². The van der Waals surface area contributed by atoms with Crippen molar-refractivity contribution in [1.82, 2.24) is 4.90 Å². The number of fused-ring (bicyclic) bond motifs is 1. The Morgan fingerprint density at radius 1 is 1.00 bits per heavy atom. The molecule has 2 heterocycles. The molecule has 3 rings (SSSR count). The number of anilines is 1. The molecule has 0 radical (unpaired) electrons. The zero-order valence-corrected chi connectivity index (χ0v) is 16.2. The van der Waals surface area contributed by atoms with Crippen molar-refractivity contribution in [1.29, 1.82) is 0 Å². The number of likely N-dealkylation sites (tertiary alicyclic amines) is 1. The van der Waals surface area contributed by atoms with E-state index in [1.165, 1.54) is 0 Å². The van der Waals surface area contributed by atoms with Crippen LogP contribution in [0.1, 0.15) is 49.5 Å². The van der Waals surface area contributed by atoms with Gasteiger partial charge in [0.15, 0.2) is 0 Å². The first-order chi connectivity index (χ1) is 12.6. The van der Waals surface area contributed by atoms with Crippen molar-refractivity contribution in [2.75, 3.05) is 24.5 Å². The van der Waals surface area contributed by atoms with Crippen molar-refractivity contribution < 1.29 is 14.4 Å². The Balaban J connectivity index is 2.19. The first kappa shape index (κ1) is 19.2. The van der Waals surface area contributed by atoms with Gasteiger partial charge in [0, 0.05) is 36.3 Å². The fourth-order valence-corrected chi connectivity index (χ4v) is 4.48. The minimum Gasteiger partial charge on any atom is -0.367 e. The molecule has 1 unspecified atom stereocenters. The molecule has 0 aliphatic carbocycles. The van der Waals surface area contributed by atoms with Gasteiger partial charge in [0.25, 0.3) is 11.8 Å².